The topological polar surface area (TPSA) is 12.4 Å². The van der Waals surface area contributed by atoms with E-state index in [0.717, 1.165) is 6.20 Å². The monoisotopic (exact) mass is 100 g/mol. The van der Waals surface area contributed by atoms with Gasteiger partial charge in [-0.15, -0.1) is 0 Å². The molecule has 0 saturated carbocycles. The highest BCUT2D eigenvalue weighted by Gasteiger charge is 1.89. The van der Waals surface area contributed by atoms with E-state index in [1.807, 2.05) is 0 Å². The van der Waals surface area contributed by atoms with E-state index in [0.29, 0.717) is 0 Å². The molecule has 1 aliphatic heterocycles. The fraction of sp³-hybridized carbons (Fsp3) is 0.500. The first-order valence-electron chi connectivity index (χ1n) is 4.67. The van der Waals surface area contributed by atoms with Crippen LogP contribution in [0.25, 0.3) is 0 Å². The van der Waals surface area contributed by atoms with E-state index in [1.165, 1.54) is 6.21 Å². The van der Waals surface area contributed by atoms with Crippen LogP contribution in [0.4, 0.5) is 0 Å². The summed E-state index contributed by atoms with van der Waals surface area (Å²) in [5, 5.41) is 0. The maximum absolute atomic E-state index is 7.38. The lowest BCUT2D eigenvalue weighted by Gasteiger charge is -1.98. The van der Waals surface area contributed by atoms with Crippen LogP contribution in [0.5, 0.6) is 0 Å². The summed E-state index contributed by atoms with van der Waals surface area (Å²) in [5.74, 6) is 0. The van der Waals surface area contributed by atoms with Crippen molar-refractivity contribution in [1.29, 1.82) is 0 Å². The summed E-state index contributed by atoms with van der Waals surface area (Å²) >= 11 is 0. The Hall–Kier alpha value is -0.590. The van der Waals surface area contributed by atoms with Crippen LogP contribution in [-0.2, 0) is 0 Å². The molecule has 38 valence electrons. The second-order valence-corrected chi connectivity index (χ2v) is 1.24. The second-order valence-electron chi connectivity index (χ2n) is 1.24. The zero-order valence-electron chi connectivity index (χ0n) is 8.76. The normalized spacial score (nSPS) is 52.6. The van der Waals surface area contributed by atoms with Crippen molar-refractivity contribution in [2.45, 2.75) is 19.6 Å². The van der Waals surface area contributed by atoms with Gasteiger partial charge in [-0.2, -0.15) is 0 Å². The van der Waals surface area contributed by atoms with Crippen LogP contribution >= 0.6 is 0 Å². The molecule has 7 heavy (non-hydrogen) atoms. The second kappa shape index (κ2) is 1.92. The van der Waals surface area contributed by atoms with Gasteiger partial charge in [0.25, 0.3) is 0 Å². The summed E-state index contributed by atoms with van der Waals surface area (Å²) in [4.78, 5) is 3.60. The molecule has 0 fully saturated rings. The van der Waals surface area contributed by atoms with E-state index in [9.17, 15) is 0 Å². The van der Waals surface area contributed by atoms with Crippen molar-refractivity contribution in [1.82, 2.24) is 0 Å². The maximum atomic E-state index is 7.38. The van der Waals surface area contributed by atoms with E-state index in [4.69, 9.17) is 6.85 Å². The fourth-order valence-corrected chi connectivity index (χ4v) is 0.363. The Morgan fingerprint density at radius 2 is 3.14 bits per heavy atom. The van der Waals surface area contributed by atoms with Gasteiger partial charge < -0.3 is 0 Å². The minimum absolute atomic E-state index is 0.0509. The molecule has 0 aromatic carbocycles. The van der Waals surface area contributed by atoms with E-state index in [2.05, 4.69) is 4.99 Å². The predicted octanol–water partition coefficient (Wildman–Crippen LogP) is 1.75. The van der Waals surface area contributed by atoms with Crippen molar-refractivity contribution < 1.29 is 6.85 Å². The molecule has 0 amide bonds. The summed E-state index contributed by atoms with van der Waals surface area (Å²) in [6.07, 6.45) is 0.572. The average Bonchev–Trinajstić information content (AvgIpc) is 1.92. The molecule has 0 aromatic heterocycles. The van der Waals surface area contributed by atoms with Gasteiger partial charge in [0.15, 0.2) is 0 Å². The summed E-state index contributed by atoms with van der Waals surface area (Å²) in [5.41, 5.74) is -0.0509. The molecule has 0 bridgehead atoms. The zero-order valence-corrected chi connectivity index (χ0v) is 3.76. The minimum Gasteiger partial charge on any atom is -0.269 e. The Morgan fingerprint density at radius 3 is 3.86 bits per heavy atom. The van der Waals surface area contributed by atoms with Crippen molar-refractivity contribution in [3.05, 3.63) is 11.8 Å². The van der Waals surface area contributed by atoms with Gasteiger partial charge in [0.1, 0.15) is 0 Å². The third-order valence-corrected chi connectivity index (χ3v) is 0.662. The van der Waals surface area contributed by atoms with Crippen molar-refractivity contribution in [2.24, 2.45) is 4.99 Å². The zero-order chi connectivity index (χ0) is 9.35. The van der Waals surface area contributed by atoms with Crippen LogP contribution in [0, 0.1) is 0 Å². The molecule has 1 rings (SSSR count). The first-order valence-corrected chi connectivity index (χ1v) is 2.01. The van der Waals surface area contributed by atoms with Crippen LogP contribution in [0.3, 0.4) is 0 Å². The summed E-state index contributed by atoms with van der Waals surface area (Å²) in [6, 6.07) is 0. The average molecular weight is 100 g/mol. The van der Waals surface area contributed by atoms with Crippen molar-refractivity contribution >= 4 is 6.21 Å². The van der Waals surface area contributed by atoms with Gasteiger partial charge in [-0.1, -0.05) is 5.57 Å². The van der Waals surface area contributed by atoms with Crippen LogP contribution in [-0.4, -0.2) is 6.21 Å². The number of hydrogen-bond donors (Lipinski definition) is 0. The predicted molar refractivity (Wildman–Crippen MR) is 31.5 cm³/mol. The number of nitrogens with zero attached hydrogens (tertiary/aromatic N) is 1. The minimum atomic E-state index is -2.29. The van der Waals surface area contributed by atoms with Gasteiger partial charge in [0.2, 0.25) is 0 Å². The molecular weight excluding hydrogens is 86.1 g/mol. The molecule has 1 nitrogen and oxygen atoms in total. The van der Waals surface area contributed by atoms with E-state index >= 15 is 0 Å². The van der Waals surface area contributed by atoms with Gasteiger partial charge in [0.05, 0.1) is 0 Å². The number of aliphatic imine (C=N–C) groups is 1. The molecule has 0 saturated heterocycles. The lowest BCUT2D eigenvalue weighted by molar-refractivity contribution is 0.994. The Kier molecular flexibility index (Phi) is 0.394. The third kappa shape index (κ3) is 1.15. The molecule has 2 atom stereocenters. The number of rotatable bonds is 0. The molecule has 1 heteroatoms. The lowest BCUT2D eigenvalue weighted by Crippen LogP contribution is -1.83. The van der Waals surface area contributed by atoms with Gasteiger partial charge in [-0.05, 0) is 19.6 Å². The molecular formula is C6H9N. The van der Waals surface area contributed by atoms with Crippen LogP contribution < -0.4 is 0 Å². The van der Waals surface area contributed by atoms with E-state index < -0.39 is 19.6 Å². The quantitative estimate of drug-likeness (QED) is 0.440. The SMILES string of the molecule is [2H]C1C=NC=C(C([2H])([2H])[2H])C1[2H]. The molecule has 2 unspecified atom stereocenters. The van der Waals surface area contributed by atoms with Gasteiger partial charge >= 0.3 is 0 Å². The summed E-state index contributed by atoms with van der Waals surface area (Å²) in [6.45, 7) is -2.29. The van der Waals surface area contributed by atoms with Crippen LogP contribution in [0.2, 0.25) is 0 Å². The van der Waals surface area contributed by atoms with Gasteiger partial charge in [0, 0.05) is 19.3 Å². The fourth-order valence-electron chi connectivity index (χ4n) is 0.363. The largest absolute Gasteiger partial charge is 0.269 e. The molecule has 1 aliphatic rings. The highest BCUT2D eigenvalue weighted by molar-refractivity contribution is 5.59. The van der Waals surface area contributed by atoms with Crippen LogP contribution in [0.1, 0.15) is 26.5 Å². The van der Waals surface area contributed by atoms with Crippen LogP contribution in [0.15, 0.2) is 16.8 Å². The van der Waals surface area contributed by atoms with Crippen molar-refractivity contribution in [3.8, 4) is 0 Å². The number of hydrogen-bond acceptors (Lipinski definition) is 1. The molecule has 0 aliphatic carbocycles. The Morgan fingerprint density at radius 1 is 2.14 bits per heavy atom. The van der Waals surface area contributed by atoms with Crippen molar-refractivity contribution in [2.75, 3.05) is 0 Å². The van der Waals surface area contributed by atoms with E-state index in [-0.39, 0.29) is 5.57 Å². The molecule has 0 N–H and O–H groups in total. The van der Waals surface area contributed by atoms with Gasteiger partial charge in [-0.3, -0.25) is 4.99 Å². The molecule has 0 spiro atoms. The third-order valence-electron chi connectivity index (χ3n) is 0.662. The highest BCUT2D eigenvalue weighted by Crippen LogP contribution is 2.05. The first kappa shape index (κ1) is 1.44. The van der Waals surface area contributed by atoms with Crippen molar-refractivity contribution in [3.63, 3.8) is 0 Å². The first-order chi connectivity index (χ1) is 5.43. The lowest BCUT2D eigenvalue weighted by atomic mass is 10.2. The molecule has 0 aromatic rings. The molecule has 0 radical (unpaired) electrons. The Bertz CT molecular complexity index is 229. The Balaban J connectivity index is 2.90. The number of allylic oxidation sites excluding steroid dienone is 1. The standard InChI is InChI=1S/C6H9N/c1-6-3-2-4-7-5-6/h4-5H,2-3H2,1H3/i1D3,2D,3D. The van der Waals surface area contributed by atoms with Gasteiger partial charge in [-0.25, -0.2) is 0 Å². The van der Waals surface area contributed by atoms with E-state index in [1.54, 1.807) is 0 Å². The summed E-state index contributed by atoms with van der Waals surface area (Å²) < 4.78 is 35.7. The molecule has 1 heterocycles. The highest BCUT2D eigenvalue weighted by atomic mass is 14.7. The smallest absolute Gasteiger partial charge is 0.0329 e. The summed E-state index contributed by atoms with van der Waals surface area (Å²) in [7, 11) is 0. The Labute approximate surface area is 50.8 Å². The maximum Gasteiger partial charge on any atom is 0.0329 e.